The van der Waals surface area contributed by atoms with Crippen molar-refractivity contribution in [1.29, 1.82) is 0 Å². The number of rotatable bonds is 10. The Kier molecular flexibility index (Phi) is 13.1. The standard InChI is InChI=1S/C20H39N5O3.HI/c1-5-24-9-6-7-18(24)13-21-20(22-14-19(26)23(2)3)25-10-8-17(15-25)16-28-12-11-27-4;/h17-18H,5-16H2,1-4H3,(H,21,22);1H. The summed E-state index contributed by atoms with van der Waals surface area (Å²) in [5, 5.41) is 3.56. The molecule has 1 amide bonds. The molecule has 2 heterocycles. The number of aliphatic imine (C=N–C) groups is 1. The summed E-state index contributed by atoms with van der Waals surface area (Å²) < 4.78 is 10.7. The van der Waals surface area contributed by atoms with Gasteiger partial charge in [0.05, 0.1) is 19.8 Å². The Morgan fingerprint density at radius 1 is 1.24 bits per heavy atom. The van der Waals surface area contributed by atoms with Crippen molar-refractivity contribution in [2.75, 3.05) is 80.3 Å². The maximum atomic E-state index is 12.0. The minimum absolute atomic E-state index is 0. The molecule has 0 aromatic carbocycles. The highest BCUT2D eigenvalue weighted by molar-refractivity contribution is 14.0. The SMILES string of the molecule is CCN1CCCC1CNC(=NCC(=O)N(C)C)N1CCC(COCCOC)C1.I. The third kappa shape index (κ3) is 8.94. The largest absolute Gasteiger partial charge is 0.382 e. The average molecular weight is 525 g/mol. The Labute approximate surface area is 193 Å². The zero-order valence-corrected chi connectivity index (χ0v) is 20.9. The molecule has 1 N–H and O–H groups in total. The van der Waals surface area contributed by atoms with Crippen molar-refractivity contribution in [3.8, 4) is 0 Å². The monoisotopic (exact) mass is 525 g/mol. The fourth-order valence-electron chi connectivity index (χ4n) is 3.86. The Hall–Kier alpha value is -0.650. The molecule has 29 heavy (non-hydrogen) atoms. The van der Waals surface area contributed by atoms with E-state index >= 15 is 0 Å². The van der Waals surface area contributed by atoms with Crippen molar-refractivity contribution in [2.45, 2.75) is 32.2 Å². The van der Waals surface area contributed by atoms with E-state index in [0.29, 0.717) is 25.2 Å². The van der Waals surface area contributed by atoms with Gasteiger partial charge in [-0.3, -0.25) is 9.69 Å². The molecule has 2 atom stereocenters. The van der Waals surface area contributed by atoms with E-state index in [1.807, 2.05) is 0 Å². The quantitative estimate of drug-likeness (QED) is 0.200. The van der Waals surface area contributed by atoms with Gasteiger partial charge in [0.1, 0.15) is 6.54 Å². The van der Waals surface area contributed by atoms with E-state index in [0.717, 1.165) is 45.2 Å². The number of amides is 1. The van der Waals surface area contributed by atoms with Crippen LogP contribution in [-0.2, 0) is 14.3 Å². The average Bonchev–Trinajstić information content (AvgIpc) is 3.34. The fraction of sp³-hybridized carbons (Fsp3) is 0.900. The number of halogens is 1. The van der Waals surface area contributed by atoms with Gasteiger partial charge in [-0.05, 0) is 32.4 Å². The van der Waals surface area contributed by atoms with Crippen LogP contribution in [0.2, 0.25) is 0 Å². The molecule has 0 aromatic heterocycles. The molecule has 2 rings (SSSR count). The number of guanidine groups is 1. The normalized spacial score (nSPS) is 22.6. The number of carbonyl (C=O) groups excluding carboxylic acids is 1. The molecule has 0 aliphatic carbocycles. The van der Waals surface area contributed by atoms with Crippen molar-refractivity contribution in [1.82, 2.24) is 20.0 Å². The van der Waals surface area contributed by atoms with Gasteiger partial charge < -0.3 is 24.6 Å². The van der Waals surface area contributed by atoms with Gasteiger partial charge in [-0.2, -0.15) is 0 Å². The highest BCUT2D eigenvalue weighted by Crippen LogP contribution is 2.18. The van der Waals surface area contributed by atoms with Crippen LogP contribution in [0.15, 0.2) is 4.99 Å². The summed E-state index contributed by atoms with van der Waals surface area (Å²) >= 11 is 0. The number of methoxy groups -OCH3 is 1. The van der Waals surface area contributed by atoms with Gasteiger partial charge in [-0.1, -0.05) is 6.92 Å². The Balaban J connectivity index is 0.00000420. The molecule has 2 fully saturated rings. The summed E-state index contributed by atoms with van der Waals surface area (Å²) in [5.74, 6) is 1.37. The van der Waals surface area contributed by atoms with Crippen LogP contribution in [0.4, 0.5) is 0 Å². The van der Waals surface area contributed by atoms with Crippen LogP contribution < -0.4 is 5.32 Å². The topological polar surface area (TPSA) is 69.6 Å². The number of likely N-dealkylation sites (N-methyl/N-ethyl adjacent to an activating group) is 2. The summed E-state index contributed by atoms with van der Waals surface area (Å²) in [6.07, 6.45) is 3.57. The van der Waals surface area contributed by atoms with Crippen molar-refractivity contribution in [2.24, 2.45) is 10.9 Å². The van der Waals surface area contributed by atoms with Gasteiger partial charge in [0.25, 0.3) is 0 Å². The minimum atomic E-state index is 0. The Bertz CT molecular complexity index is 507. The fourth-order valence-corrected chi connectivity index (χ4v) is 3.86. The predicted octanol–water partition coefficient (Wildman–Crippen LogP) is 1.11. The maximum Gasteiger partial charge on any atom is 0.243 e. The zero-order valence-electron chi connectivity index (χ0n) is 18.6. The van der Waals surface area contributed by atoms with Gasteiger partial charge in [-0.25, -0.2) is 4.99 Å². The lowest BCUT2D eigenvalue weighted by atomic mass is 10.1. The summed E-state index contributed by atoms with van der Waals surface area (Å²) in [7, 11) is 5.23. The number of nitrogens with zero attached hydrogens (tertiary/aromatic N) is 4. The first kappa shape index (κ1) is 26.4. The number of likely N-dealkylation sites (tertiary alicyclic amines) is 2. The molecule has 2 aliphatic rings. The molecule has 0 aromatic rings. The summed E-state index contributed by atoms with van der Waals surface area (Å²) in [6, 6.07) is 0.551. The number of nitrogens with one attached hydrogen (secondary N) is 1. The van der Waals surface area contributed by atoms with E-state index in [1.54, 1.807) is 26.1 Å². The van der Waals surface area contributed by atoms with Crippen molar-refractivity contribution < 1.29 is 14.3 Å². The van der Waals surface area contributed by atoms with E-state index in [1.165, 1.54) is 19.4 Å². The lowest BCUT2D eigenvalue weighted by Crippen LogP contribution is -2.46. The van der Waals surface area contributed by atoms with Gasteiger partial charge in [0.15, 0.2) is 5.96 Å². The number of carbonyl (C=O) groups is 1. The molecular weight excluding hydrogens is 485 g/mol. The summed E-state index contributed by atoms with van der Waals surface area (Å²) in [5.41, 5.74) is 0. The first-order valence-corrected chi connectivity index (χ1v) is 10.6. The number of ether oxygens (including phenoxy) is 2. The molecule has 0 radical (unpaired) electrons. The summed E-state index contributed by atoms with van der Waals surface area (Å²) in [4.78, 5) is 23.1. The van der Waals surface area contributed by atoms with Crippen molar-refractivity contribution in [3.05, 3.63) is 0 Å². The molecule has 0 saturated carbocycles. The van der Waals surface area contributed by atoms with E-state index in [2.05, 4.69) is 27.0 Å². The van der Waals surface area contributed by atoms with E-state index in [-0.39, 0.29) is 36.4 Å². The zero-order chi connectivity index (χ0) is 20.4. The predicted molar refractivity (Wildman–Crippen MR) is 127 cm³/mol. The van der Waals surface area contributed by atoms with Gasteiger partial charge in [-0.15, -0.1) is 24.0 Å². The van der Waals surface area contributed by atoms with Crippen LogP contribution in [0.25, 0.3) is 0 Å². The molecule has 0 spiro atoms. The minimum Gasteiger partial charge on any atom is -0.382 e. The second-order valence-corrected chi connectivity index (χ2v) is 7.90. The Morgan fingerprint density at radius 2 is 2.03 bits per heavy atom. The molecule has 2 aliphatic heterocycles. The molecular formula is C20H40IN5O3. The van der Waals surface area contributed by atoms with Crippen LogP contribution in [0.3, 0.4) is 0 Å². The van der Waals surface area contributed by atoms with Crippen molar-refractivity contribution in [3.63, 3.8) is 0 Å². The molecule has 2 unspecified atom stereocenters. The van der Waals surface area contributed by atoms with Crippen molar-refractivity contribution >= 4 is 35.8 Å². The van der Waals surface area contributed by atoms with Gasteiger partial charge >= 0.3 is 0 Å². The van der Waals surface area contributed by atoms with E-state index in [4.69, 9.17) is 9.47 Å². The lowest BCUT2D eigenvalue weighted by molar-refractivity contribution is -0.127. The first-order valence-electron chi connectivity index (χ1n) is 10.6. The molecule has 8 nitrogen and oxygen atoms in total. The van der Waals surface area contributed by atoms with Crippen LogP contribution in [-0.4, -0.2) is 113 Å². The lowest BCUT2D eigenvalue weighted by Gasteiger charge is -2.27. The van der Waals surface area contributed by atoms with Crippen LogP contribution in [0.1, 0.15) is 26.2 Å². The number of hydrogen-bond donors (Lipinski definition) is 1. The first-order chi connectivity index (χ1) is 13.5. The Morgan fingerprint density at radius 3 is 2.72 bits per heavy atom. The third-order valence-electron chi connectivity index (χ3n) is 5.63. The maximum absolute atomic E-state index is 12.0. The number of hydrogen-bond acceptors (Lipinski definition) is 5. The molecule has 0 bridgehead atoms. The smallest absolute Gasteiger partial charge is 0.243 e. The molecule has 9 heteroatoms. The second kappa shape index (κ2) is 14.4. The highest BCUT2D eigenvalue weighted by atomic mass is 127. The van der Waals surface area contributed by atoms with Crippen LogP contribution in [0.5, 0.6) is 0 Å². The second-order valence-electron chi connectivity index (χ2n) is 7.90. The van der Waals surface area contributed by atoms with E-state index in [9.17, 15) is 4.79 Å². The summed E-state index contributed by atoms with van der Waals surface area (Å²) in [6.45, 7) is 9.43. The molecule has 170 valence electrons. The van der Waals surface area contributed by atoms with Gasteiger partial charge in [0, 0.05) is 52.8 Å². The van der Waals surface area contributed by atoms with Crippen LogP contribution in [0, 0.1) is 5.92 Å². The molecule has 2 saturated heterocycles. The van der Waals surface area contributed by atoms with E-state index < -0.39 is 0 Å². The van der Waals surface area contributed by atoms with Gasteiger partial charge in [0.2, 0.25) is 5.91 Å². The highest BCUT2D eigenvalue weighted by Gasteiger charge is 2.27. The van der Waals surface area contributed by atoms with Crippen LogP contribution >= 0.6 is 24.0 Å². The third-order valence-corrected chi connectivity index (χ3v) is 5.63.